The third kappa shape index (κ3) is 5.81. The Balaban J connectivity index is 1.65. The zero-order valence-electron chi connectivity index (χ0n) is 18.2. The number of alkyl halides is 3. The van der Waals surface area contributed by atoms with Crippen LogP contribution in [0.4, 0.5) is 13.2 Å². The first kappa shape index (κ1) is 24.3. The van der Waals surface area contributed by atoms with Crippen molar-refractivity contribution in [3.63, 3.8) is 0 Å². The van der Waals surface area contributed by atoms with E-state index in [2.05, 4.69) is 15.4 Å². The lowest BCUT2D eigenvalue weighted by molar-refractivity contribution is -0.137. The van der Waals surface area contributed by atoms with Crippen molar-refractivity contribution in [2.45, 2.75) is 30.7 Å². The highest BCUT2D eigenvalue weighted by molar-refractivity contribution is 7.98. The largest absolute Gasteiger partial charge is 0.453 e. The fourth-order valence-corrected chi connectivity index (χ4v) is 3.95. The Kier molecular flexibility index (Phi) is 7.30. The van der Waals surface area contributed by atoms with E-state index in [4.69, 9.17) is 26.2 Å². The van der Waals surface area contributed by atoms with E-state index in [-0.39, 0.29) is 23.2 Å². The summed E-state index contributed by atoms with van der Waals surface area (Å²) < 4.78 is 45.1. The second-order valence-electron chi connectivity index (χ2n) is 7.54. The van der Waals surface area contributed by atoms with Gasteiger partial charge in [-0.05, 0) is 55.0 Å². The molecule has 4 rings (SSSR count). The van der Waals surface area contributed by atoms with Gasteiger partial charge in [0, 0.05) is 5.02 Å². The number of nitrogens with one attached hydrogen (secondary N) is 1. The van der Waals surface area contributed by atoms with Crippen molar-refractivity contribution in [2.24, 2.45) is 4.99 Å². The van der Waals surface area contributed by atoms with Crippen molar-refractivity contribution in [1.29, 1.82) is 0 Å². The molecule has 0 saturated heterocycles. The van der Waals surface area contributed by atoms with E-state index in [1.807, 2.05) is 25.1 Å². The minimum atomic E-state index is -4.49. The van der Waals surface area contributed by atoms with Crippen LogP contribution in [0, 0.1) is 6.92 Å². The van der Waals surface area contributed by atoms with Gasteiger partial charge in [0.15, 0.2) is 22.4 Å². The molecule has 34 heavy (non-hydrogen) atoms. The molecular weight excluding hydrogens is 489 g/mol. The molecule has 0 saturated carbocycles. The number of aromatic nitrogens is 2. The Morgan fingerprint density at radius 2 is 2.06 bits per heavy atom. The quantitative estimate of drug-likeness (QED) is 0.332. The number of halogens is 4. The number of aryl methyl sites for hydroxylation is 1. The maximum atomic E-state index is 13.1. The molecule has 1 N–H and O–H groups in total. The predicted molar refractivity (Wildman–Crippen MR) is 125 cm³/mol. The van der Waals surface area contributed by atoms with Gasteiger partial charge in [0.25, 0.3) is 0 Å². The van der Waals surface area contributed by atoms with Crippen molar-refractivity contribution in [3.05, 3.63) is 76.1 Å². The number of hydrogen-bond acceptors (Lipinski definition) is 7. The summed E-state index contributed by atoms with van der Waals surface area (Å²) in [4.78, 5) is 18.9. The Labute approximate surface area is 203 Å². The third-order valence-electron chi connectivity index (χ3n) is 4.95. The summed E-state index contributed by atoms with van der Waals surface area (Å²) in [6, 6.07) is 10.2. The fourth-order valence-electron chi connectivity index (χ4n) is 3.30. The molecule has 1 atom stereocenters. The van der Waals surface area contributed by atoms with Gasteiger partial charge >= 0.3 is 6.18 Å². The average Bonchev–Trinajstić information content (AvgIpc) is 2.81. The first-order valence-corrected chi connectivity index (χ1v) is 11.8. The normalized spacial score (nSPS) is 16.1. The molecular formula is C23H20ClF3N4O2S. The smallest absolute Gasteiger partial charge is 0.416 e. The second kappa shape index (κ2) is 10.2. The van der Waals surface area contributed by atoms with Gasteiger partial charge < -0.3 is 4.74 Å². The van der Waals surface area contributed by atoms with Gasteiger partial charge in [-0.2, -0.15) is 13.2 Å². The molecule has 1 aromatic heterocycles. The van der Waals surface area contributed by atoms with Crippen LogP contribution in [0.5, 0.6) is 11.5 Å². The number of hydrogen-bond donors (Lipinski definition) is 1. The van der Waals surface area contributed by atoms with Gasteiger partial charge in [0.2, 0.25) is 0 Å². The van der Waals surface area contributed by atoms with Gasteiger partial charge in [-0.15, -0.1) is 0 Å². The van der Waals surface area contributed by atoms with Gasteiger partial charge in [-0.3, -0.25) is 9.83 Å². The summed E-state index contributed by atoms with van der Waals surface area (Å²) in [5.74, 6) is 0.428. The van der Waals surface area contributed by atoms with E-state index in [9.17, 15) is 13.2 Å². The van der Waals surface area contributed by atoms with E-state index in [1.54, 1.807) is 6.26 Å². The molecule has 2 heterocycles. The molecule has 0 fully saturated rings. The van der Waals surface area contributed by atoms with Crippen LogP contribution in [-0.4, -0.2) is 34.7 Å². The van der Waals surface area contributed by atoms with Crippen LogP contribution in [0.25, 0.3) is 0 Å². The van der Waals surface area contributed by atoms with Crippen LogP contribution >= 0.6 is 23.4 Å². The highest BCUT2D eigenvalue weighted by atomic mass is 35.5. The number of rotatable bonds is 6. The molecule has 0 aliphatic carbocycles. The van der Waals surface area contributed by atoms with E-state index >= 15 is 0 Å². The Morgan fingerprint density at radius 1 is 1.24 bits per heavy atom. The van der Waals surface area contributed by atoms with E-state index in [1.165, 1.54) is 30.1 Å². The fraction of sp³-hybridized carbons (Fsp3) is 0.261. The van der Waals surface area contributed by atoms with Crippen LogP contribution in [0.15, 0.2) is 58.8 Å². The predicted octanol–water partition coefficient (Wildman–Crippen LogP) is 5.86. The molecule has 3 aromatic rings. The third-order valence-corrected chi connectivity index (χ3v) is 5.86. The number of benzene rings is 2. The highest BCUT2D eigenvalue weighted by Gasteiger charge is 2.31. The molecule has 6 nitrogen and oxygen atoms in total. The van der Waals surface area contributed by atoms with E-state index in [0.717, 1.165) is 23.3 Å². The van der Waals surface area contributed by atoms with Gasteiger partial charge in [-0.1, -0.05) is 41.6 Å². The first-order valence-electron chi connectivity index (χ1n) is 10.2. The van der Waals surface area contributed by atoms with Crippen LogP contribution < -0.4 is 10.2 Å². The monoisotopic (exact) mass is 508 g/mol. The van der Waals surface area contributed by atoms with Crippen molar-refractivity contribution in [3.8, 4) is 11.5 Å². The first-order chi connectivity index (χ1) is 16.2. The van der Waals surface area contributed by atoms with Crippen LogP contribution in [-0.2, 0) is 17.4 Å². The molecule has 178 valence electrons. The Morgan fingerprint density at radius 3 is 2.79 bits per heavy atom. The van der Waals surface area contributed by atoms with Gasteiger partial charge in [-0.25, -0.2) is 15.4 Å². The lowest BCUT2D eigenvalue weighted by Crippen LogP contribution is -2.37. The summed E-state index contributed by atoms with van der Waals surface area (Å²) in [7, 11) is 0. The summed E-state index contributed by atoms with van der Waals surface area (Å²) in [5, 5.41) is 1.09. The maximum absolute atomic E-state index is 13.1. The Hall–Kier alpha value is -2.82. The number of hydroxylamine groups is 1. The number of thioether (sulfide) groups is 1. The van der Waals surface area contributed by atoms with Gasteiger partial charge in [0.05, 0.1) is 24.4 Å². The lowest BCUT2D eigenvalue weighted by atomic mass is 10.0. The minimum Gasteiger partial charge on any atom is -0.453 e. The van der Waals surface area contributed by atoms with Crippen LogP contribution in [0.3, 0.4) is 0 Å². The molecule has 1 aliphatic rings. The molecule has 0 unspecified atom stereocenters. The SMILES string of the molecule is CSc1ncc(Oc2cccc(C(F)(F)F)c2)c(C2=N[C@H](Cc3ccc(C)cc3Cl)CON2)n1. The van der Waals surface area contributed by atoms with Crippen molar-refractivity contribution >= 4 is 29.2 Å². The molecule has 0 spiro atoms. The van der Waals surface area contributed by atoms with Crippen molar-refractivity contribution in [1.82, 2.24) is 15.4 Å². The number of aliphatic imine (C=N–C) groups is 1. The minimum absolute atomic E-state index is 0.00288. The molecule has 11 heteroatoms. The van der Waals surface area contributed by atoms with Crippen LogP contribution in [0.1, 0.15) is 22.4 Å². The molecule has 1 aliphatic heterocycles. The zero-order chi connectivity index (χ0) is 24.3. The molecule has 0 amide bonds. The summed E-state index contributed by atoms with van der Waals surface area (Å²) in [6.45, 7) is 2.27. The van der Waals surface area contributed by atoms with E-state index < -0.39 is 11.7 Å². The van der Waals surface area contributed by atoms with Crippen molar-refractivity contribution < 1.29 is 22.7 Å². The van der Waals surface area contributed by atoms with Crippen LogP contribution in [0.2, 0.25) is 5.02 Å². The van der Waals surface area contributed by atoms with E-state index in [0.29, 0.717) is 29.0 Å². The zero-order valence-corrected chi connectivity index (χ0v) is 19.8. The lowest BCUT2D eigenvalue weighted by Gasteiger charge is -2.23. The molecule has 0 bridgehead atoms. The molecule has 0 radical (unpaired) electrons. The van der Waals surface area contributed by atoms with Gasteiger partial charge in [0.1, 0.15) is 5.75 Å². The number of nitrogens with zero attached hydrogens (tertiary/aromatic N) is 3. The highest BCUT2D eigenvalue weighted by Crippen LogP contribution is 2.33. The summed E-state index contributed by atoms with van der Waals surface area (Å²) >= 11 is 7.68. The number of amidine groups is 1. The average molecular weight is 509 g/mol. The number of ether oxygens (including phenoxy) is 1. The standard InChI is InChI=1S/C23H20ClF3N4O2S/c1-13-6-7-14(18(24)8-13)9-16-12-32-31-21(29-16)20-19(11-28-22(30-20)34-2)33-17-5-3-4-15(10-17)23(25,26)27/h3-8,10-11,16H,9,12H2,1-2H3,(H,29,31)/t16-/m1/s1. The second-order valence-corrected chi connectivity index (χ2v) is 8.72. The Bertz CT molecular complexity index is 1220. The summed E-state index contributed by atoms with van der Waals surface area (Å²) in [5.41, 5.74) is 4.19. The van der Waals surface area contributed by atoms with Crippen molar-refractivity contribution in [2.75, 3.05) is 12.9 Å². The molecule has 2 aromatic carbocycles. The summed E-state index contributed by atoms with van der Waals surface area (Å²) in [6.07, 6.45) is -0.746. The maximum Gasteiger partial charge on any atom is 0.416 e. The topological polar surface area (TPSA) is 68.6 Å².